The molecular formula is C22H29N3O4S2. The number of ether oxygens (including phenoxy) is 1. The number of thiophene rings is 1. The van der Waals surface area contributed by atoms with Gasteiger partial charge in [0.2, 0.25) is 0 Å². The normalized spacial score (nSPS) is 18.6. The molecule has 0 spiro atoms. The Balaban J connectivity index is 1.42. The van der Waals surface area contributed by atoms with Crippen molar-refractivity contribution in [2.75, 3.05) is 51.3 Å². The van der Waals surface area contributed by atoms with E-state index in [0.717, 1.165) is 61.5 Å². The van der Waals surface area contributed by atoms with Crippen molar-refractivity contribution in [1.29, 1.82) is 0 Å². The maximum atomic E-state index is 13.2. The quantitative estimate of drug-likeness (QED) is 0.681. The minimum Gasteiger partial charge on any atom is -0.497 e. The Labute approximate surface area is 188 Å². The van der Waals surface area contributed by atoms with Crippen molar-refractivity contribution >= 4 is 33.0 Å². The fraction of sp³-hybridized carbons (Fsp3) is 0.500. The van der Waals surface area contributed by atoms with Crippen molar-refractivity contribution in [1.82, 2.24) is 9.21 Å². The molecule has 0 unspecified atom stereocenters. The van der Waals surface area contributed by atoms with Gasteiger partial charge in [-0.15, -0.1) is 11.3 Å². The summed E-state index contributed by atoms with van der Waals surface area (Å²) in [5.74, 6) is 0.732. The Hall–Kier alpha value is -2.10. The van der Waals surface area contributed by atoms with Gasteiger partial charge in [-0.3, -0.25) is 4.79 Å². The van der Waals surface area contributed by atoms with Crippen LogP contribution < -0.4 is 9.64 Å². The van der Waals surface area contributed by atoms with Crippen molar-refractivity contribution in [3.05, 3.63) is 41.3 Å². The third-order valence-corrected chi connectivity index (χ3v) is 9.28. The monoisotopic (exact) mass is 463 g/mol. The molecule has 31 heavy (non-hydrogen) atoms. The van der Waals surface area contributed by atoms with Gasteiger partial charge in [0.05, 0.1) is 12.7 Å². The van der Waals surface area contributed by atoms with Gasteiger partial charge in [0, 0.05) is 56.4 Å². The van der Waals surface area contributed by atoms with Gasteiger partial charge >= 0.3 is 0 Å². The fourth-order valence-corrected chi connectivity index (χ4v) is 6.87. The highest BCUT2D eigenvalue weighted by Crippen LogP contribution is 2.28. The number of hydrogen-bond acceptors (Lipinski definition) is 6. The zero-order valence-corrected chi connectivity index (χ0v) is 19.5. The first-order valence-electron chi connectivity index (χ1n) is 10.8. The van der Waals surface area contributed by atoms with Crippen LogP contribution in [0.5, 0.6) is 5.75 Å². The van der Waals surface area contributed by atoms with E-state index < -0.39 is 10.0 Å². The number of carbonyl (C=O) groups excluding carboxylic acids is 1. The minimum absolute atomic E-state index is 0.0533. The van der Waals surface area contributed by atoms with E-state index in [2.05, 4.69) is 4.90 Å². The molecule has 2 aromatic rings. The molecule has 1 amide bonds. The van der Waals surface area contributed by atoms with Crippen LogP contribution in [-0.2, 0) is 10.0 Å². The van der Waals surface area contributed by atoms with Gasteiger partial charge in [-0.25, -0.2) is 8.42 Å². The number of sulfonamides is 1. The van der Waals surface area contributed by atoms with Crippen LogP contribution in [0.2, 0.25) is 0 Å². The number of benzene rings is 1. The van der Waals surface area contributed by atoms with Gasteiger partial charge in [0.25, 0.3) is 15.9 Å². The van der Waals surface area contributed by atoms with Gasteiger partial charge in [0.15, 0.2) is 0 Å². The zero-order valence-electron chi connectivity index (χ0n) is 17.8. The van der Waals surface area contributed by atoms with Crippen LogP contribution in [0.25, 0.3) is 0 Å². The number of amides is 1. The molecule has 0 bridgehead atoms. The maximum absolute atomic E-state index is 13.2. The predicted octanol–water partition coefficient (Wildman–Crippen LogP) is 3.28. The number of anilines is 1. The molecule has 2 saturated heterocycles. The number of hydrogen-bond donors (Lipinski definition) is 0. The van der Waals surface area contributed by atoms with Crippen LogP contribution in [0.4, 0.5) is 5.69 Å². The molecule has 1 aromatic heterocycles. The number of nitrogens with zero attached hydrogens (tertiary/aromatic N) is 3. The lowest BCUT2D eigenvalue weighted by molar-refractivity contribution is 0.0762. The number of methoxy groups -OCH3 is 1. The van der Waals surface area contributed by atoms with Crippen LogP contribution in [0, 0.1) is 0 Å². The number of likely N-dealkylation sites (tertiary alicyclic amines) is 1. The SMILES string of the molecule is COc1cccc(N2CCN(S(=O)(=O)c3cc(C(=O)N4CCCCCC4)cs3)CC2)c1. The summed E-state index contributed by atoms with van der Waals surface area (Å²) in [5.41, 5.74) is 1.51. The van der Waals surface area contributed by atoms with Crippen LogP contribution in [0.15, 0.2) is 39.9 Å². The van der Waals surface area contributed by atoms with E-state index in [4.69, 9.17) is 4.74 Å². The fourth-order valence-electron chi connectivity index (χ4n) is 4.14. The van der Waals surface area contributed by atoms with Crippen molar-refractivity contribution in [3.63, 3.8) is 0 Å². The van der Waals surface area contributed by atoms with E-state index in [1.807, 2.05) is 29.2 Å². The van der Waals surface area contributed by atoms with Crippen LogP contribution in [0.3, 0.4) is 0 Å². The zero-order chi connectivity index (χ0) is 21.8. The van der Waals surface area contributed by atoms with E-state index in [1.165, 1.54) is 4.31 Å². The molecule has 7 nitrogen and oxygen atoms in total. The summed E-state index contributed by atoms with van der Waals surface area (Å²) in [4.78, 5) is 16.9. The third kappa shape index (κ3) is 4.88. The molecule has 0 N–H and O–H groups in total. The number of carbonyl (C=O) groups is 1. The number of piperazine rings is 1. The lowest BCUT2D eigenvalue weighted by atomic mass is 10.2. The van der Waals surface area contributed by atoms with Crippen molar-refractivity contribution < 1.29 is 17.9 Å². The van der Waals surface area contributed by atoms with Crippen LogP contribution >= 0.6 is 11.3 Å². The van der Waals surface area contributed by atoms with E-state index in [0.29, 0.717) is 31.7 Å². The van der Waals surface area contributed by atoms with Gasteiger partial charge in [-0.05, 0) is 31.0 Å². The summed E-state index contributed by atoms with van der Waals surface area (Å²) in [6.45, 7) is 3.54. The summed E-state index contributed by atoms with van der Waals surface area (Å²) < 4.78 is 33.4. The van der Waals surface area contributed by atoms with Gasteiger partial charge in [0.1, 0.15) is 9.96 Å². The van der Waals surface area contributed by atoms with E-state index in [9.17, 15) is 13.2 Å². The summed E-state index contributed by atoms with van der Waals surface area (Å²) in [5, 5.41) is 1.69. The molecule has 0 atom stereocenters. The smallest absolute Gasteiger partial charge is 0.254 e. The average molecular weight is 464 g/mol. The Morgan fingerprint density at radius 2 is 1.68 bits per heavy atom. The first-order valence-corrected chi connectivity index (χ1v) is 13.1. The molecule has 0 saturated carbocycles. The van der Waals surface area contributed by atoms with Crippen molar-refractivity contribution in [2.24, 2.45) is 0 Å². The van der Waals surface area contributed by atoms with Crippen molar-refractivity contribution in [3.8, 4) is 5.75 Å². The summed E-state index contributed by atoms with van der Waals surface area (Å²) in [7, 11) is -1.97. The second-order valence-corrected chi connectivity index (χ2v) is 11.0. The minimum atomic E-state index is -3.60. The standard InChI is InChI=1S/C22H29N3O4S2/c1-29-20-8-6-7-19(16-20)23-11-13-25(14-12-23)31(27,28)21-15-18(17-30-21)22(26)24-9-4-2-3-5-10-24/h6-8,15-17H,2-5,9-14H2,1H3. The summed E-state index contributed by atoms with van der Waals surface area (Å²) in [6, 6.07) is 9.36. The molecule has 0 aliphatic carbocycles. The van der Waals surface area contributed by atoms with E-state index in [1.54, 1.807) is 18.6 Å². The Kier molecular flexibility index (Phi) is 6.83. The molecule has 3 heterocycles. The average Bonchev–Trinajstić information content (AvgIpc) is 3.16. The summed E-state index contributed by atoms with van der Waals surface area (Å²) >= 11 is 1.14. The molecule has 168 valence electrons. The molecule has 0 radical (unpaired) electrons. The highest BCUT2D eigenvalue weighted by Gasteiger charge is 2.31. The Morgan fingerprint density at radius 1 is 0.968 bits per heavy atom. The number of rotatable bonds is 5. The van der Waals surface area contributed by atoms with Gasteiger partial charge < -0.3 is 14.5 Å². The maximum Gasteiger partial charge on any atom is 0.254 e. The van der Waals surface area contributed by atoms with Crippen LogP contribution in [-0.4, -0.2) is 69.9 Å². The second-order valence-electron chi connectivity index (χ2n) is 7.95. The lowest BCUT2D eigenvalue weighted by Gasteiger charge is -2.35. The third-order valence-electron chi connectivity index (χ3n) is 5.97. The molecule has 4 rings (SSSR count). The Bertz CT molecular complexity index is 1010. The van der Waals surface area contributed by atoms with E-state index in [-0.39, 0.29) is 10.1 Å². The highest BCUT2D eigenvalue weighted by atomic mass is 32.2. The molecule has 2 aliphatic heterocycles. The molecule has 2 fully saturated rings. The highest BCUT2D eigenvalue weighted by molar-refractivity contribution is 7.91. The largest absolute Gasteiger partial charge is 0.497 e. The van der Waals surface area contributed by atoms with E-state index >= 15 is 0 Å². The molecule has 9 heteroatoms. The lowest BCUT2D eigenvalue weighted by Crippen LogP contribution is -2.48. The topological polar surface area (TPSA) is 70.2 Å². The summed E-state index contributed by atoms with van der Waals surface area (Å²) in [6.07, 6.45) is 4.32. The van der Waals surface area contributed by atoms with Gasteiger partial charge in [-0.1, -0.05) is 18.9 Å². The molecule has 2 aliphatic rings. The van der Waals surface area contributed by atoms with Gasteiger partial charge in [-0.2, -0.15) is 4.31 Å². The predicted molar refractivity (Wildman–Crippen MR) is 123 cm³/mol. The Morgan fingerprint density at radius 3 is 2.35 bits per heavy atom. The molecular weight excluding hydrogens is 434 g/mol. The van der Waals surface area contributed by atoms with Crippen LogP contribution in [0.1, 0.15) is 36.0 Å². The first kappa shape index (κ1) is 22.1. The van der Waals surface area contributed by atoms with Crippen molar-refractivity contribution in [2.45, 2.75) is 29.9 Å². The second kappa shape index (κ2) is 9.58. The first-order chi connectivity index (χ1) is 15.0. The molecule has 1 aromatic carbocycles.